The zero-order chi connectivity index (χ0) is 47.2. The largest absolute Gasteiger partial charge is 0.462 e. The first-order valence-corrected chi connectivity index (χ1v) is 27.1. The summed E-state index contributed by atoms with van der Waals surface area (Å²) >= 11 is 0. The van der Waals surface area contributed by atoms with Gasteiger partial charge in [0.1, 0.15) is 13.2 Å². The third-order valence-electron chi connectivity index (χ3n) is 11.4. The molecular weight excluding hydrogens is 805 g/mol. The summed E-state index contributed by atoms with van der Waals surface area (Å²) in [5.41, 5.74) is 0. The van der Waals surface area contributed by atoms with Gasteiger partial charge in [-0.15, -0.1) is 0 Å². The van der Waals surface area contributed by atoms with Gasteiger partial charge in [0.25, 0.3) is 0 Å². The Labute approximate surface area is 401 Å². The molecule has 0 fully saturated rings. The molecule has 1 atom stereocenters. The Bertz CT molecular complexity index is 1270. The van der Waals surface area contributed by atoms with Gasteiger partial charge in [-0.25, -0.2) is 0 Å². The number of hydrogen-bond acceptors (Lipinski definition) is 6. The van der Waals surface area contributed by atoms with Crippen molar-refractivity contribution in [1.82, 2.24) is 0 Å². The molecule has 1 unspecified atom stereocenters. The molecule has 0 saturated heterocycles. The Morgan fingerprint density at radius 3 is 1.02 bits per heavy atom. The highest BCUT2D eigenvalue weighted by Gasteiger charge is 2.19. The second kappa shape index (κ2) is 53.2. The lowest BCUT2D eigenvalue weighted by atomic mass is 10.1. The fourth-order valence-corrected chi connectivity index (χ4v) is 7.29. The number of allylic oxidation sites excluding steroid dienone is 14. The van der Waals surface area contributed by atoms with Gasteiger partial charge in [-0.3, -0.25) is 14.4 Å². The summed E-state index contributed by atoms with van der Waals surface area (Å²) in [4.78, 5) is 38.0. The van der Waals surface area contributed by atoms with Crippen molar-refractivity contribution in [2.24, 2.45) is 0 Å². The first-order chi connectivity index (χ1) is 32.0. The number of ether oxygens (including phenoxy) is 3. The molecule has 0 heterocycles. The van der Waals surface area contributed by atoms with Crippen LogP contribution in [0.25, 0.3) is 0 Å². The molecule has 65 heavy (non-hydrogen) atoms. The predicted octanol–water partition coefficient (Wildman–Crippen LogP) is 18.0. The van der Waals surface area contributed by atoms with Crippen molar-refractivity contribution in [2.45, 2.75) is 258 Å². The molecule has 0 bridgehead atoms. The fraction of sp³-hybridized carbons (Fsp3) is 0.712. The van der Waals surface area contributed by atoms with Gasteiger partial charge in [-0.1, -0.05) is 209 Å². The van der Waals surface area contributed by atoms with E-state index in [9.17, 15) is 14.4 Å². The zero-order valence-corrected chi connectivity index (χ0v) is 42.5. The molecule has 0 aromatic carbocycles. The van der Waals surface area contributed by atoms with Gasteiger partial charge < -0.3 is 14.2 Å². The van der Waals surface area contributed by atoms with Crippen LogP contribution in [0.2, 0.25) is 0 Å². The summed E-state index contributed by atoms with van der Waals surface area (Å²) in [6, 6.07) is 0. The van der Waals surface area contributed by atoms with E-state index in [1.165, 1.54) is 103 Å². The van der Waals surface area contributed by atoms with Crippen LogP contribution in [0.15, 0.2) is 85.1 Å². The second-order valence-electron chi connectivity index (χ2n) is 17.7. The summed E-state index contributed by atoms with van der Waals surface area (Å²) in [6.45, 7) is 6.45. The molecule has 6 nitrogen and oxygen atoms in total. The Hall–Kier alpha value is -3.41. The normalized spacial score (nSPS) is 12.7. The van der Waals surface area contributed by atoms with Crippen LogP contribution in [0.1, 0.15) is 252 Å². The first-order valence-electron chi connectivity index (χ1n) is 27.1. The van der Waals surface area contributed by atoms with Crippen molar-refractivity contribution in [3.63, 3.8) is 0 Å². The van der Waals surface area contributed by atoms with Crippen molar-refractivity contribution >= 4 is 17.9 Å². The van der Waals surface area contributed by atoms with E-state index < -0.39 is 6.10 Å². The number of carbonyl (C=O) groups is 3. The van der Waals surface area contributed by atoms with E-state index >= 15 is 0 Å². The molecule has 0 aromatic heterocycles. The molecule has 0 aliphatic rings. The molecule has 0 radical (unpaired) electrons. The Morgan fingerprint density at radius 2 is 0.615 bits per heavy atom. The number of esters is 3. The lowest BCUT2D eigenvalue weighted by Gasteiger charge is -2.18. The molecule has 0 aromatic rings. The molecule has 0 N–H and O–H groups in total. The second-order valence-corrected chi connectivity index (χ2v) is 17.7. The maximum Gasteiger partial charge on any atom is 0.306 e. The van der Waals surface area contributed by atoms with Gasteiger partial charge in [-0.05, 0) is 109 Å². The topological polar surface area (TPSA) is 78.9 Å². The van der Waals surface area contributed by atoms with Gasteiger partial charge in [0.15, 0.2) is 6.10 Å². The van der Waals surface area contributed by atoms with Crippen LogP contribution < -0.4 is 0 Å². The van der Waals surface area contributed by atoms with E-state index in [1.807, 2.05) is 0 Å². The number of carbonyl (C=O) groups excluding carboxylic acids is 3. The summed E-state index contributed by atoms with van der Waals surface area (Å²) in [5, 5.41) is 0. The minimum Gasteiger partial charge on any atom is -0.462 e. The van der Waals surface area contributed by atoms with Gasteiger partial charge >= 0.3 is 17.9 Å². The molecule has 0 aliphatic carbocycles. The number of unbranched alkanes of at least 4 members (excludes halogenated alkanes) is 23. The number of rotatable bonds is 48. The summed E-state index contributed by atoms with van der Waals surface area (Å²) in [5.74, 6) is -0.989. The van der Waals surface area contributed by atoms with Crippen LogP contribution >= 0.6 is 0 Å². The van der Waals surface area contributed by atoms with Crippen molar-refractivity contribution in [2.75, 3.05) is 13.2 Å². The van der Waals surface area contributed by atoms with Gasteiger partial charge in [0, 0.05) is 19.3 Å². The third-order valence-corrected chi connectivity index (χ3v) is 11.4. The minimum absolute atomic E-state index is 0.108. The van der Waals surface area contributed by atoms with Crippen molar-refractivity contribution in [3.05, 3.63) is 85.1 Å². The van der Waals surface area contributed by atoms with Gasteiger partial charge in [0.2, 0.25) is 0 Å². The molecular formula is C59H100O6. The maximum absolute atomic E-state index is 12.8. The molecule has 0 aliphatic heterocycles. The van der Waals surface area contributed by atoms with Crippen LogP contribution in [-0.2, 0) is 28.6 Å². The zero-order valence-electron chi connectivity index (χ0n) is 42.5. The van der Waals surface area contributed by atoms with E-state index in [4.69, 9.17) is 14.2 Å². The lowest BCUT2D eigenvalue weighted by molar-refractivity contribution is -0.167. The number of hydrogen-bond donors (Lipinski definition) is 0. The average molecular weight is 905 g/mol. The highest BCUT2D eigenvalue weighted by molar-refractivity contribution is 5.71. The molecule has 372 valence electrons. The molecule has 6 heteroatoms. The maximum atomic E-state index is 12.8. The highest BCUT2D eigenvalue weighted by Crippen LogP contribution is 2.13. The minimum atomic E-state index is -0.810. The highest BCUT2D eigenvalue weighted by atomic mass is 16.6. The first kappa shape index (κ1) is 61.6. The molecule has 0 rings (SSSR count). The van der Waals surface area contributed by atoms with E-state index in [2.05, 4.69) is 106 Å². The van der Waals surface area contributed by atoms with Crippen molar-refractivity contribution in [1.29, 1.82) is 0 Å². The standard InChI is InChI=1S/C59H100O6/c1-4-7-10-13-16-19-22-25-28-30-32-34-37-40-43-46-49-52-58(61)64-55-56(54-63-57(60)51-48-45-42-39-36-33-27-24-21-18-15-12-9-6-3)65-59(62)53-50-47-44-41-38-35-31-29-26-23-20-17-14-11-8-5-2/h9,12,18,21,25,27-29,31-34,40,43,56H,4-8,10-11,13-17,19-20,22-24,26,30,35-39,41-42,44-55H2,1-3H3/b12-9-,21-18-,28-25-,31-29-,33-27-,34-32-,43-40-. The Balaban J connectivity index is 4.50. The van der Waals surface area contributed by atoms with Crippen LogP contribution in [0.4, 0.5) is 0 Å². The lowest BCUT2D eigenvalue weighted by Crippen LogP contribution is -2.30. The SMILES string of the molecule is CC/C=C\C/C=C\C/C=C\CCCCCCC(=O)OCC(COC(=O)CCC/C=C\C/C=C\C/C=C\CCCCCCCC)OC(=O)CCCCCCC/C=C\CCCCCCCCC. The van der Waals surface area contributed by atoms with E-state index in [1.54, 1.807) is 0 Å². The van der Waals surface area contributed by atoms with Crippen molar-refractivity contribution in [3.8, 4) is 0 Å². The van der Waals surface area contributed by atoms with E-state index in [-0.39, 0.29) is 37.5 Å². The Morgan fingerprint density at radius 1 is 0.323 bits per heavy atom. The summed E-state index contributed by atoms with van der Waals surface area (Å²) in [7, 11) is 0. The average Bonchev–Trinajstić information content (AvgIpc) is 3.30. The predicted molar refractivity (Wildman–Crippen MR) is 279 cm³/mol. The molecule has 0 spiro atoms. The van der Waals surface area contributed by atoms with Crippen molar-refractivity contribution < 1.29 is 28.6 Å². The van der Waals surface area contributed by atoms with E-state index in [0.29, 0.717) is 19.3 Å². The smallest absolute Gasteiger partial charge is 0.306 e. The quantitative estimate of drug-likeness (QED) is 0.0262. The fourth-order valence-electron chi connectivity index (χ4n) is 7.29. The monoisotopic (exact) mass is 905 g/mol. The third kappa shape index (κ3) is 51.4. The van der Waals surface area contributed by atoms with E-state index in [0.717, 1.165) is 103 Å². The van der Waals surface area contributed by atoms with Gasteiger partial charge in [-0.2, -0.15) is 0 Å². The van der Waals surface area contributed by atoms with Gasteiger partial charge in [0.05, 0.1) is 0 Å². The van der Waals surface area contributed by atoms with Crippen LogP contribution in [0.3, 0.4) is 0 Å². The van der Waals surface area contributed by atoms with Crippen LogP contribution in [0, 0.1) is 0 Å². The van der Waals surface area contributed by atoms with Crippen LogP contribution in [-0.4, -0.2) is 37.2 Å². The Kier molecular flexibility index (Phi) is 50.4. The molecule has 0 saturated carbocycles. The van der Waals surface area contributed by atoms with Crippen LogP contribution in [0.5, 0.6) is 0 Å². The summed E-state index contributed by atoms with van der Waals surface area (Å²) in [6.07, 6.45) is 68.6. The summed E-state index contributed by atoms with van der Waals surface area (Å²) < 4.78 is 16.8. The molecule has 0 amide bonds.